The zero-order chi connectivity index (χ0) is 16.0. The maximum Gasteiger partial charge on any atom is 0.243 e. The number of carbonyl (C=O) groups is 2. The largest absolute Gasteiger partial charge is 0.332 e. The molecule has 0 aliphatic rings. The molecule has 0 aliphatic heterocycles. The fraction of sp³-hybridized carbons (Fsp3) is 0.467. The molecule has 5 nitrogen and oxygen atoms in total. The first kappa shape index (κ1) is 17.7. The summed E-state index contributed by atoms with van der Waals surface area (Å²) in [4.78, 5) is 27.1. The molecule has 2 amide bonds. The highest BCUT2D eigenvalue weighted by atomic mass is 79.9. The SMILES string of the molecule is CC(=O)N(CCN(C)C)CC(=O)Nc1ccc(C)c(Br)c1. The molecule has 116 valence electrons. The fourth-order valence-electron chi connectivity index (χ4n) is 1.71. The summed E-state index contributed by atoms with van der Waals surface area (Å²) in [5, 5.41) is 2.81. The summed E-state index contributed by atoms with van der Waals surface area (Å²) in [5.41, 5.74) is 1.82. The van der Waals surface area contributed by atoms with E-state index in [0.29, 0.717) is 12.2 Å². The number of nitrogens with one attached hydrogen (secondary N) is 1. The van der Waals surface area contributed by atoms with Crippen molar-refractivity contribution in [1.29, 1.82) is 0 Å². The van der Waals surface area contributed by atoms with Crippen LogP contribution in [0.2, 0.25) is 0 Å². The lowest BCUT2D eigenvalue weighted by atomic mass is 10.2. The molecule has 0 spiro atoms. The summed E-state index contributed by atoms with van der Waals surface area (Å²) in [6, 6.07) is 5.62. The average molecular weight is 356 g/mol. The van der Waals surface area contributed by atoms with Gasteiger partial charge in [-0.3, -0.25) is 9.59 Å². The number of nitrogens with zero attached hydrogens (tertiary/aromatic N) is 2. The molecule has 0 bridgehead atoms. The molecule has 0 aliphatic carbocycles. The second-order valence-corrected chi connectivity index (χ2v) is 6.11. The van der Waals surface area contributed by atoms with Gasteiger partial charge in [0.15, 0.2) is 0 Å². The van der Waals surface area contributed by atoms with Gasteiger partial charge < -0.3 is 15.1 Å². The Bertz CT molecular complexity index is 518. The summed E-state index contributed by atoms with van der Waals surface area (Å²) < 4.78 is 0.941. The number of hydrogen-bond acceptors (Lipinski definition) is 3. The Morgan fingerprint density at radius 3 is 2.43 bits per heavy atom. The van der Waals surface area contributed by atoms with Crippen LogP contribution in [-0.4, -0.2) is 55.3 Å². The highest BCUT2D eigenvalue weighted by Crippen LogP contribution is 2.20. The summed E-state index contributed by atoms with van der Waals surface area (Å²) in [6.45, 7) is 4.78. The number of carbonyl (C=O) groups excluding carboxylic acids is 2. The van der Waals surface area contributed by atoms with E-state index < -0.39 is 0 Å². The minimum Gasteiger partial charge on any atom is -0.332 e. The molecule has 0 fully saturated rings. The van der Waals surface area contributed by atoms with Crippen molar-refractivity contribution in [2.24, 2.45) is 0 Å². The number of anilines is 1. The molecule has 1 aromatic carbocycles. The lowest BCUT2D eigenvalue weighted by molar-refractivity contribution is -0.132. The molecule has 0 atom stereocenters. The molecule has 0 heterocycles. The van der Waals surface area contributed by atoms with E-state index in [4.69, 9.17) is 0 Å². The molecular weight excluding hydrogens is 334 g/mol. The van der Waals surface area contributed by atoms with Crippen molar-refractivity contribution in [3.05, 3.63) is 28.2 Å². The van der Waals surface area contributed by atoms with Crippen LogP contribution < -0.4 is 5.32 Å². The van der Waals surface area contributed by atoms with E-state index in [0.717, 1.165) is 16.6 Å². The second kappa shape index (κ2) is 8.14. The van der Waals surface area contributed by atoms with Crippen molar-refractivity contribution in [2.75, 3.05) is 39.0 Å². The lowest BCUT2D eigenvalue weighted by Gasteiger charge is -2.22. The summed E-state index contributed by atoms with van der Waals surface area (Å²) in [6.07, 6.45) is 0. The monoisotopic (exact) mass is 355 g/mol. The Balaban J connectivity index is 2.60. The topological polar surface area (TPSA) is 52.7 Å². The van der Waals surface area contributed by atoms with E-state index in [9.17, 15) is 9.59 Å². The quantitative estimate of drug-likeness (QED) is 0.850. The van der Waals surface area contributed by atoms with Crippen molar-refractivity contribution < 1.29 is 9.59 Å². The molecule has 1 aromatic rings. The molecule has 0 aromatic heterocycles. The normalized spacial score (nSPS) is 10.6. The van der Waals surface area contributed by atoms with Gasteiger partial charge in [-0.25, -0.2) is 0 Å². The van der Waals surface area contributed by atoms with Crippen LogP contribution in [0.4, 0.5) is 5.69 Å². The van der Waals surface area contributed by atoms with E-state index >= 15 is 0 Å². The minimum absolute atomic E-state index is 0.0642. The van der Waals surface area contributed by atoms with Crippen LogP contribution in [0.5, 0.6) is 0 Å². The highest BCUT2D eigenvalue weighted by Gasteiger charge is 2.14. The van der Waals surface area contributed by atoms with E-state index in [1.807, 2.05) is 44.1 Å². The van der Waals surface area contributed by atoms with Crippen LogP contribution in [0.25, 0.3) is 0 Å². The summed E-state index contributed by atoms with van der Waals surface area (Å²) in [5.74, 6) is -0.295. The molecule has 0 radical (unpaired) electrons. The van der Waals surface area contributed by atoms with Gasteiger partial charge in [0.1, 0.15) is 0 Å². The molecule has 0 unspecified atom stereocenters. The number of amides is 2. The van der Waals surface area contributed by atoms with Crippen molar-refractivity contribution in [3.63, 3.8) is 0 Å². The number of aryl methyl sites for hydroxylation is 1. The summed E-state index contributed by atoms with van der Waals surface area (Å²) in [7, 11) is 3.87. The van der Waals surface area contributed by atoms with Gasteiger partial charge in [0.05, 0.1) is 6.54 Å². The predicted octanol–water partition coefficient (Wildman–Crippen LogP) is 2.11. The van der Waals surface area contributed by atoms with Gasteiger partial charge in [-0.1, -0.05) is 22.0 Å². The van der Waals surface area contributed by atoms with Crippen LogP contribution in [0, 0.1) is 6.92 Å². The smallest absolute Gasteiger partial charge is 0.243 e. The van der Waals surface area contributed by atoms with Gasteiger partial charge in [0, 0.05) is 30.2 Å². The van der Waals surface area contributed by atoms with Gasteiger partial charge in [-0.05, 0) is 38.7 Å². The van der Waals surface area contributed by atoms with E-state index in [-0.39, 0.29) is 18.4 Å². The standard InChI is InChI=1S/C15H22BrN3O2/c1-11-5-6-13(9-14(11)16)17-15(21)10-19(12(2)20)8-7-18(3)4/h5-6,9H,7-8,10H2,1-4H3,(H,17,21). The van der Waals surface area contributed by atoms with Gasteiger partial charge in [-0.15, -0.1) is 0 Å². The Labute approximate surface area is 134 Å². The third-order valence-electron chi connectivity index (χ3n) is 3.05. The average Bonchev–Trinajstić information content (AvgIpc) is 2.38. The first-order chi connectivity index (χ1) is 9.79. The van der Waals surface area contributed by atoms with Gasteiger partial charge in [0.25, 0.3) is 0 Å². The molecule has 0 saturated carbocycles. The van der Waals surface area contributed by atoms with Crippen molar-refractivity contribution >= 4 is 33.4 Å². The van der Waals surface area contributed by atoms with Crippen LogP contribution in [0.3, 0.4) is 0 Å². The minimum atomic E-state index is -0.195. The first-order valence-corrected chi connectivity index (χ1v) is 7.55. The zero-order valence-electron chi connectivity index (χ0n) is 12.9. The molecule has 6 heteroatoms. The van der Waals surface area contributed by atoms with Crippen LogP contribution in [-0.2, 0) is 9.59 Å². The first-order valence-electron chi connectivity index (χ1n) is 6.76. The van der Waals surface area contributed by atoms with Crippen molar-refractivity contribution in [2.45, 2.75) is 13.8 Å². The van der Waals surface area contributed by atoms with E-state index in [1.165, 1.54) is 6.92 Å². The maximum absolute atomic E-state index is 12.0. The van der Waals surface area contributed by atoms with Crippen molar-refractivity contribution in [3.8, 4) is 0 Å². The molecule has 1 rings (SSSR count). The Morgan fingerprint density at radius 2 is 1.90 bits per heavy atom. The second-order valence-electron chi connectivity index (χ2n) is 5.26. The predicted molar refractivity (Wildman–Crippen MR) is 88.3 cm³/mol. The van der Waals surface area contributed by atoms with Crippen molar-refractivity contribution in [1.82, 2.24) is 9.80 Å². The number of halogens is 1. The Hall–Kier alpha value is -1.40. The van der Waals surface area contributed by atoms with E-state index in [2.05, 4.69) is 21.2 Å². The Morgan fingerprint density at radius 1 is 1.24 bits per heavy atom. The number of hydrogen-bond donors (Lipinski definition) is 1. The van der Waals surface area contributed by atoms with Crippen LogP contribution >= 0.6 is 15.9 Å². The molecular formula is C15H22BrN3O2. The van der Waals surface area contributed by atoms with Crippen LogP contribution in [0.15, 0.2) is 22.7 Å². The number of rotatable bonds is 6. The molecule has 21 heavy (non-hydrogen) atoms. The molecule has 1 N–H and O–H groups in total. The maximum atomic E-state index is 12.0. The third kappa shape index (κ3) is 6.27. The number of likely N-dealkylation sites (N-methyl/N-ethyl adjacent to an activating group) is 1. The third-order valence-corrected chi connectivity index (χ3v) is 3.91. The van der Waals surface area contributed by atoms with Gasteiger partial charge >= 0.3 is 0 Å². The highest BCUT2D eigenvalue weighted by molar-refractivity contribution is 9.10. The summed E-state index contributed by atoms with van der Waals surface area (Å²) >= 11 is 3.43. The van der Waals surface area contributed by atoms with Crippen LogP contribution in [0.1, 0.15) is 12.5 Å². The van der Waals surface area contributed by atoms with E-state index in [1.54, 1.807) is 4.90 Å². The molecule has 0 saturated heterocycles. The van der Waals surface area contributed by atoms with Gasteiger partial charge in [-0.2, -0.15) is 0 Å². The van der Waals surface area contributed by atoms with Gasteiger partial charge in [0.2, 0.25) is 11.8 Å². The lowest BCUT2D eigenvalue weighted by Crippen LogP contribution is -2.40. The zero-order valence-corrected chi connectivity index (χ0v) is 14.5. The number of benzene rings is 1. The Kier molecular flexibility index (Phi) is 6.84. The fourth-order valence-corrected chi connectivity index (χ4v) is 2.09.